The van der Waals surface area contributed by atoms with Gasteiger partial charge in [0.25, 0.3) is 0 Å². The van der Waals surface area contributed by atoms with Gasteiger partial charge >= 0.3 is 0 Å². The molecule has 0 saturated heterocycles. The van der Waals surface area contributed by atoms with Crippen LogP contribution in [0.5, 0.6) is 0 Å². The number of carbonyl (C=O) groups excluding carboxylic acids is 1. The van der Waals surface area contributed by atoms with Crippen LogP contribution in [0.15, 0.2) is 23.2 Å². The maximum Gasteiger partial charge on any atom is 0.230 e. The van der Waals surface area contributed by atoms with Crippen molar-refractivity contribution in [1.82, 2.24) is 5.32 Å². The van der Waals surface area contributed by atoms with Crippen molar-refractivity contribution in [2.45, 2.75) is 46.1 Å². The molecule has 1 aromatic rings. The van der Waals surface area contributed by atoms with E-state index in [4.69, 9.17) is 5.73 Å². The molecule has 0 saturated carbocycles. The van der Waals surface area contributed by atoms with Crippen LogP contribution in [-0.4, -0.2) is 17.8 Å². The van der Waals surface area contributed by atoms with Gasteiger partial charge in [-0.2, -0.15) is 0 Å². The SMILES string of the molecule is CCCCc1ccc(N)cc1C1=NC(C)C(C)C(=O)N1. The van der Waals surface area contributed by atoms with Crippen molar-refractivity contribution in [3.05, 3.63) is 29.3 Å². The number of hydrogen-bond acceptors (Lipinski definition) is 3. The lowest BCUT2D eigenvalue weighted by atomic mass is 9.96. The van der Waals surface area contributed by atoms with Gasteiger partial charge in [0.2, 0.25) is 5.91 Å². The number of nitrogens with one attached hydrogen (secondary N) is 1. The Hall–Kier alpha value is -1.84. The molecule has 0 radical (unpaired) electrons. The molecule has 1 aliphatic rings. The molecule has 1 heterocycles. The molecule has 1 aliphatic heterocycles. The molecule has 108 valence electrons. The van der Waals surface area contributed by atoms with Crippen LogP contribution >= 0.6 is 0 Å². The zero-order valence-electron chi connectivity index (χ0n) is 12.4. The predicted molar refractivity (Wildman–Crippen MR) is 82.8 cm³/mol. The summed E-state index contributed by atoms with van der Waals surface area (Å²) in [5, 5.41) is 2.91. The molecule has 3 N–H and O–H groups in total. The number of amides is 1. The Morgan fingerprint density at radius 3 is 2.75 bits per heavy atom. The number of unbranched alkanes of at least 4 members (excludes halogenated alkanes) is 1. The van der Waals surface area contributed by atoms with Crippen molar-refractivity contribution in [2.24, 2.45) is 10.9 Å². The Labute approximate surface area is 120 Å². The molecular formula is C16H23N3O. The number of nitrogens with two attached hydrogens (primary N) is 1. The molecule has 20 heavy (non-hydrogen) atoms. The minimum atomic E-state index is -0.0844. The van der Waals surface area contributed by atoms with Gasteiger partial charge in [-0.05, 0) is 37.5 Å². The van der Waals surface area contributed by atoms with Gasteiger partial charge in [-0.3, -0.25) is 9.79 Å². The predicted octanol–water partition coefficient (Wildman–Crippen LogP) is 2.51. The molecular weight excluding hydrogens is 250 g/mol. The zero-order chi connectivity index (χ0) is 14.7. The third-order valence-corrected chi connectivity index (χ3v) is 3.90. The number of nitrogen functional groups attached to an aromatic ring is 1. The number of hydrogen-bond donors (Lipinski definition) is 2. The highest BCUT2D eigenvalue weighted by Gasteiger charge is 2.27. The van der Waals surface area contributed by atoms with Gasteiger partial charge in [0.15, 0.2) is 0 Å². The van der Waals surface area contributed by atoms with Gasteiger partial charge in [-0.1, -0.05) is 26.3 Å². The van der Waals surface area contributed by atoms with E-state index < -0.39 is 0 Å². The fraction of sp³-hybridized carbons (Fsp3) is 0.500. The molecule has 0 fully saturated rings. The summed E-state index contributed by atoms with van der Waals surface area (Å²) in [4.78, 5) is 16.6. The van der Waals surface area contributed by atoms with E-state index in [0.717, 1.165) is 24.8 Å². The smallest absolute Gasteiger partial charge is 0.230 e. The molecule has 0 aliphatic carbocycles. The van der Waals surface area contributed by atoms with E-state index in [2.05, 4.69) is 17.2 Å². The number of carbonyl (C=O) groups is 1. The molecule has 4 heteroatoms. The fourth-order valence-electron chi connectivity index (χ4n) is 2.33. The third kappa shape index (κ3) is 3.00. The van der Waals surface area contributed by atoms with E-state index in [9.17, 15) is 4.79 Å². The first-order chi connectivity index (χ1) is 9.52. The number of nitrogens with zero attached hydrogens (tertiary/aromatic N) is 1. The van der Waals surface area contributed by atoms with Crippen molar-refractivity contribution < 1.29 is 4.79 Å². The summed E-state index contributed by atoms with van der Waals surface area (Å²) in [5.41, 5.74) is 8.75. The van der Waals surface area contributed by atoms with Crippen LogP contribution in [0, 0.1) is 5.92 Å². The number of benzene rings is 1. The molecule has 2 unspecified atom stereocenters. The highest BCUT2D eigenvalue weighted by Crippen LogP contribution is 2.20. The molecule has 2 rings (SSSR count). The summed E-state index contributed by atoms with van der Waals surface area (Å²) in [6.07, 6.45) is 3.23. The topological polar surface area (TPSA) is 67.5 Å². The first kappa shape index (κ1) is 14.6. The zero-order valence-corrected chi connectivity index (χ0v) is 12.4. The minimum absolute atomic E-state index is 0.000735. The van der Waals surface area contributed by atoms with Crippen LogP contribution in [0.3, 0.4) is 0 Å². The third-order valence-electron chi connectivity index (χ3n) is 3.90. The van der Waals surface area contributed by atoms with Crippen molar-refractivity contribution in [1.29, 1.82) is 0 Å². The second kappa shape index (κ2) is 6.07. The van der Waals surface area contributed by atoms with Crippen molar-refractivity contribution in [2.75, 3.05) is 5.73 Å². The number of anilines is 1. The lowest BCUT2D eigenvalue weighted by Gasteiger charge is -2.25. The standard InChI is InChI=1S/C16H23N3O/c1-4-5-6-12-7-8-13(17)9-14(12)15-18-11(3)10(2)16(20)19-15/h7-11H,4-6,17H2,1-3H3,(H,18,19,20). The second-order valence-corrected chi connectivity index (χ2v) is 5.52. The Kier molecular flexibility index (Phi) is 4.42. The average Bonchev–Trinajstić information content (AvgIpc) is 2.43. The van der Waals surface area contributed by atoms with E-state index in [1.807, 2.05) is 32.0 Å². The van der Waals surface area contributed by atoms with Crippen molar-refractivity contribution in [3.8, 4) is 0 Å². The summed E-state index contributed by atoms with van der Waals surface area (Å²) in [5.74, 6) is 0.615. The maximum absolute atomic E-state index is 12.0. The molecule has 4 nitrogen and oxygen atoms in total. The van der Waals surface area contributed by atoms with Crippen LogP contribution in [0.1, 0.15) is 44.7 Å². The molecule has 0 aromatic heterocycles. The monoisotopic (exact) mass is 273 g/mol. The van der Waals surface area contributed by atoms with Gasteiger partial charge in [0, 0.05) is 11.3 Å². The van der Waals surface area contributed by atoms with Crippen molar-refractivity contribution in [3.63, 3.8) is 0 Å². The lowest BCUT2D eigenvalue weighted by Crippen LogP contribution is -2.44. The van der Waals surface area contributed by atoms with E-state index in [-0.39, 0.29) is 17.9 Å². The van der Waals surface area contributed by atoms with E-state index >= 15 is 0 Å². The normalized spacial score (nSPS) is 22.4. The quantitative estimate of drug-likeness (QED) is 0.828. The summed E-state index contributed by atoms with van der Waals surface area (Å²) in [6.45, 7) is 6.04. The largest absolute Gasteiger partial charge is 0.399 e. The highest BCUT2D eigenvalue weighted by molar-refractivity contribution is 6.11. The van der Waals surface area contributed by atoms with Gasteiger partial charge in [0.05, 0.1) is 12.0 Å². The Morgan fingerprint density at radius 2 is 2.10 bits per heavy atom. The Morgan fingerprint density at radius 1 is 1.35 bits per heavy atom. The second-order valence-electron chi connectivity index (χ2n) is 5.52. The fourth-order valence-corrected chi connectivity index (χ4v) is 2.33. The van der Waals surface area contributed by atoms with E-state index in [1.54, 1.807) is 0 Å². The summed E-state index contributed by atoms with van der Waals surface area (Å²) >= 11 is 0. The number of amidine groups is 1. The first-order valence-electron chi connectivity index (χ1n) is 7.30. The van der Waals surface area contributed by atoms with E-state index in [1.165, 1.54) is 5.56 Å². The van der Waals surface area contributed by atoms with Gasteiger partial charge in [0.1, 0.15) is 5.84 Å². The van der Waals surface area contributed by atoms with Gasteiger partial charge in [-0.25, -0.2) is 0 Å². The number of aliphatic imine (C=N–C) groups is 1. The van der Waals surface area contributed by atoms with E-state index in [0.29, 0.717) is 11.5 Å². The van der Waals surface area contributed by atoms with Crippen molar-refractivity contribution >= 4 is 17.4 Å². The minimum Gasteiger partial charge on any atom is -0.399 e. The molecule has 0 bridgehead atoms. The summed E-state index contributed by atoms with van der Waals surface area (Å²) in [7, 11) is 0. The number of rotatable bonds is 4. The number of aryl methyl sites for hydroxylation is 1. The lowest BCUT2D eigenvalue weighted by molar-refractivity contribution is -0.123. The molecule has 0 spiro atoms. The van der Waals surface area contributed by atoms with Crippen LogP contribution in [0.2, 0.25) is 0 Å². The van der Waals surface area contributed by atoms with Crippen LogP contribution < -0.4 is 11.1 Å². The first-order valence-corrected chi connectivity index (χ1v) is 7.30. The summed E-state index contributed by atoms with van der Waals surface area (Å²) in [6, 6.07) is 5.86. The average molecular weight is 273 g/mol. The highest BCUT2D eigenvalue weighted by atomic mass is 16.2. The Bertz CT molecular complexity index is 537. The molecule has 1 amide bonds. The summed E-state index contributed by atoms with van der Waals surface area (Å²) < 4.78 is 0. The molecule has 1 aromatic carbocycles. The van der Waals surface area contributed by atoms with Crippen LogP contribution in [-0.2, 0) is 11.2 Å². The van der Waals surface area contributed by atoms with Gasteiger partial charge < -0.3 is 11.1 Å². The van der Waals surface area contributed by atoms with Crippen LogP contribution in [0.25, 0.3) is 0 Å². The molecule has 2 atom stereocenters. The van der Waals surface area contributed by atoms with Crippen LogP contribution in [0.4, 0.5) is 5.69 Å². The Balaban J connectivity index is 2.38. The van der Waals surface area contributed by atoms with Gasteiger partial charge in [-0.15, -0.1) is 0 Å². The maximum atomic E-state index is 12.0.